The first-order valence-electron chi connectivity index (χ1n) is 8.68. The van der Waals surface area contributed by atoms with Crippen molar-refractivity contribution < 1.29 is 23.8 Å². The zero-order valence-corrected chi connectivity index (χ0v) is 15.9. The predicted octanol–water partition coefficient (Wildman–Crippen LogP) is 2.24. The van der Waals surface area contributed by atoms with Gasteiger partial charge in [0.05, 0.1) is 26.5 Å². The molecule has 7 nitrogen and oxygen atoms in total. The first kappa shape index (κ1) is 18.7. The molecule has 1 aromatic rings. The Kier molecular flexibility index (Phi) is 6.13. The van der Waals surface area contributed by atoms with Crippen LogP contribution in [0.1, 0.15) is 12.8 Å². The molecule has 0 aliphatic carbocycles. The number of ether oxygens (including phenoxy) is 3. The van der Waals surface area contributed by atoms with Crippen LogP contribution in [0, 0.1) is 0 Å². The summed E-state index contributed by atoms with van der Waals surface area (Å²) >= 11 is 1.49. The smallest absolute Gasteiger partial charge is 0.410 e. The van der Waals surface area contributed by atoms with Crippen LogP contribution in [0.3, 0.4) is 0 Å². The Labute approximate surface area is 157 Å². The van der Waals surface area contributed by atoms with Gasteiger partial charge in [0, 0.05) is 24.0 Å². The minimum Gasteiger partial charge on any atom is -0.493 e. The first-order valence-corrected chi connectivity index (χ1v) is 9.67. The second-order valence-corrected chi connectivity index (χ2v) is 7.27. The molecule has 2 saturated heterocycles. The van der Waals surface area contributed by atoms with Crippen LogP contribution in [-0.2, 0) is 9.53 Å². The van der Waals surface area contributed by atoms with Crippen LogP contribution < -0.4 is 9.47 Å². The molecule has 3 rings (SSSR count). The monoisotopic (exact) mass is 380 g/mol. The Morgan fingerprint density at radius 1 is 1.19 bits per heavy atom. The predicted molar refractivity (Wildman–Crippen MR) is 97.9 cm³/mol. The molecular weight excluding hydrogens is 356 g/mol. The molecule has 2 aliphatic heterocycles. The van der Waals surface area contributed by atoms with Gasteiger partial charge < -0.3 is 24.0 Å². The molecule has 1 aromatic carbocycles. The first-order chi connectivity index (χ1) is 12.6. The van der Waals surface area contributed by atoms with E-state index in [9.17, 15) is 9.59 Å². The van der Waals surface area contributed by atoms with Crippen molar-refractivity contribution in [3.8, 4) is 11.5 Å². The molecule has 2 heterocycles. The maximum atomic E-state index is 12.5. The Hall–Kier alpha value is -2.09. The minimum absolute atomic E-state index is 0.118. The second kappa shape index (κ2) is 8.53. The summed E-state index contributed by atoms with van der Waals surface area (Å²) in [5, 5.41) is 0. The van der Waals surface area contributed by atoms with Crippen molar-refractivity contribution in [1.29, 1.82) is 0 Å². The largest absolute Gasteiger partial charge is 0.493 e. The van der Waals surface area contributed by atoms with Crippen molar-refractivity contribution >= 4 is 23.8 Å². The summed E-state index contributed by atoms with van der Waals surface area (Å²) in [5.74, 6) is 1.83. The van der Waals surface area contributed by atoms with Gasteiger partial charge in [0.2, 0.25) is 5.91 Å². The van der Waals surface area contributed by atoms with Crippen LogP contribution in [-0.4, -0.2) is 74.1 Å². The van der Waals surface area contributed by atoms with Gasteiger partial charge in [-0.2, -0.15) is 0 Å². The van der Waals surface area contributed by atoms with Gasteiger partial charge in [0.15, 0.2) is 11.5 Å². The molecule has 0 atom stereocenters. The molecule has 0 spiro atoms. The van der Waals surface area contributed by atoms with E-state index in [0.717, 1.165) is 17.7 Å². The molecule has 2 fully saturated rings. The topological polar surface area (TPSA) is 68.3 Å². The fraction of sp³-hybridized carbons (Fsp3) is 0.556. The number of hydrogen-bond donors (Lipinski definition) is 0. The molecule has 0 unspecified atom stereocenters. The van der Waals surface area contributed by atoms with Gasteiger partial charge in [-0.25, -0.2) is 4.79 Å². The Morgan fingerprint density at radius 3 is 2.54 bits per heavy atom. The number of benzene rings is 1. The van der Waals surface area contributed by atoms with Crippen molar-refractivity contribution in [2.45, 2.75) is 23.8 Å². The standard InChI is InChI=1S/C18H24N2O5S/c1-23-15-4-3-14(11-16(15)24-2)26-12-17(21)19-7-5-13(6-8-19)20-9-10-25-18(20)22/h3-4,11,13H,5-10,12H2,1-2H3. The number of amides is 2. The number of hydrogen-bond acceptors (Lipinski definition) is 6. The summed E-state index contributed by atoms with van der Waals surface area (Å²) in [6.45, 7) is 2.49. The summed E-state index contributed by atoms with van der Waals surface area (Å²) < 4.78 is 15.5. The molecule has 8 heteroatoms. The molecule has 0 saturated carbocycles. The van der Waals surface area contributed by atoms with Crippen molar-refractivity contribution in [1.82, 2.24) is 9.80 Å². The van der Waals surface area contributed by atoms with E-state index in [-0.39, 0.29) is 18.0 Å². The maximum absolute atomic E-state index is 12.5. The van der Waals surface area contributed by atoms with Crippen molar-refractivity contribution in [2.24, 2.45) is 0 Å². The summed E-state index contributed by atoms with van der Waals surface area (Å²) in [6.07, 6.45) is 1.39. The number of cyclic esters (lactones) is 1. The molecule has 0 bridgehead atoms. The lowest BCUT2D eigenvalue weighted by atomic mass is 10.0. The third-order valence-corrected chi connectivity index (χ3v) is 5.75. The molecule has 2 aliphatic rings. The number of carbonyl (C=O) groups excluding carboxylic acids is 2. The average Bonchev–Trinajstić information content (AvgIpc) is 3.11. The fourth-order valence-electron chi connectivity index (χ4n) is 3.31. The highest BCUT2D eigenvalue weighted by Gasteiger charge is 2.33. The number of nitrogens with zero attached hydrogens (tertiary/aromatic N) is 2. The van der Waals surface area contributed by atoms with Crippen LogP contribution in [0.5, 0.6) is 11.5 Å². The molecule has 26 heavy (non-hydrogen) atoms. The second-order valence-electron chi connectivity index (χ2n) is 6.23. The van der Waals surface area contributed by atoms with E-state index in [1.165, 1.54) is 11.8 Å². The molecule has 0 aromatic heterocycles. The zero-order chi connectivity index (χ0) is 18.5. The Balaban J connectivity index is 1.48. The van der Waals surface area contributed by atoms with Gasteiger partial charge >= 0.3 is 6.09 Å². The average molecular weight is 380 g/mol. The van der Waals surface area contributed by atoms with E-state index in [4.69, 9.17) is 14.2 Å². The number of methoxy groups -OCH3 is 2. The molecule has 0 radical (unpaired) electrons. The number of piperidine rings is 1. The third kappa shape index (κ3) is 4.17. The molecule has 0 N–H and O–H groups in total. The van der Waals surface area contributed by atoms with Crippen molar-refractivity contribution in [3.63, 3.8) is 0 Å². The zero-order valence-electron chi connectivity index (χ0n) is 15.1. The fourth-order valence-corrected chi connectivity index (χ4v) is 4.13. The van der Waals surface area contributed by atoms with Crippen molar-refractivity contribution in [2.75, 3.05) is 46.2 Å². The van der Waals surface area contributed by atoms with Crippen LogP contribution in [0.2, 0.25) is 0 Å². The van der Waals surface area contributed by atoms with Crippen LogP contribution in [0.15, 0.2) is 23.1 Å². The van der Waals surface area contributed by atoms with Gasteiger partial charge in [-0.15, -0.1) is 11.8 Å². The summed E-state index contributed by atoms with van der Waals surface area (Å²) in [7, 11) is 3.19. The van der Waals surface area contributed by atoms with Gasteiger partial charge in [-0.3, -0.25) is 4.79 Å². The van der Waals surface area contributed by atoms with E-state index in [0.29, 0.717) is 43.5 Å². The van der Waals surface area contributed by atoms with Gasteiger partial charge in [0.1, 0.15) is 6.61 Å². The third-order valence-electron chi connectivity index (χ3n) is 4.77. The van der Waals surface area contributed by atoms with E-state index >= 15 is 0 Å². The molecule has 2 amide bonds. The van der Waals surface area contributed by atoms with Crippen LogP contribution >= 0.6 is 11.8 Å². The number of thioether (sulfide) groups is 1. The quantitative estimate of drug-likeness (QED) is 0.705. The number of rotatable bonds is 6. The van der Waals surface area contributed by atoms with Crippen molar-refractivity contribution in [3.05, 3.63) is 18.2 Å². The van der Waals surface area contributed by atoms with Gasteiger partial charge in [-0.05, 0) is 31.0 Å². The lowest BCUT2D eigenvalue weighted by Crippen LogP contribution is -2.47. The van der Waals surface area contributed by atoms with Gasteiger partial charge in [0.25, 0.3) is 0 Å². The summed E-state index contributed by atoms with van der Waals surface area (Å²) in [6, 6.07) is 5.83. The lowest BCUT2D eigenvalue weighted by molar-refractivity contribution is -0.129. The van der Waals surface area contributed by atoms with Crippen LogP contribution in [0.25, 0.3) is 0 Å². The summed E-state index contributed by atoms with van der Waals surface area (Å²) in [5.41, 5.74) is 0. The number of likely N-dealkylation sites (tertiary alicyclic amines) is 1. The summed E-state index contributed by atoms with van der Waals surface area (Å²) in [4.78, 5) is 28.8. The minimum atomic E-state index is -0.223. The molecular formula is C18H24N2O5S. The normalized spacial score (nSPS) is 18.0. The van der Waals surface area contributed by atoms with E-state index in [1.807, 2.05) is 23.1 Å². The highest BCUT2D eigenvalue weighted by molar-refractivity contribution is 8.00. The SMILES string of the molecule is COc1ccc(SCC(=O)N2CCC(N3CCOC3=O)CC2)cc1OC. The highest BCUT2D eigenvalue weighted by Crippen LogP contribution is 2.32. The van der Waals surface area contributed by atoms with E-state index in [2.05, 4.69) is 0 Å². The Morgan fingerprint density at radius 2 is 1.92 bits per heavy atom. The van der Waals surface area contributed by atoms with Gasteiger partial charge in [-0.1, -0.05) is 0 Å². The molecule has 142 valence electrons. The Bertz CT molecular complexity index is 661. The van der Waals surface area contributed by atoms with E-state index in [1.54, 1.807) is 19.1 Å². The number of carbonyl (C=O) groups is 2. The van der Waals surface area contributed by atoms with E-state index < -0.39 is 0 Å². The highest BCUT2D eigenvalue weighted by atomic mass is 32.2. The maximum Gasteiger partial charge on any atom is 0.410 e. The van der Waals surface area contributed by atoms with Crippen LogP contribution in [0.4, 0.5) is 4.79 Å². The lowest BCUT2D eigenvalue weighted by Gasteiger charge is -2.35.